The number of rotatable bonds is 3. The van der Waals surface area contributed by atoms with E-state index in [2.05, 4.69) is 5.32 Å². The van der Waals surface area contributed by atoms with Gasteiger partial charge in [0.2, 0.25) is 5.91 Å². The number of carbonyl (C=O) groups is 1. The number of hydrogen-bond acceptors (Lipinski definition) is 3. The zero-order valence-corrected chi connectivity index (χ0v) is 17.5. The second kappa shape index (κ2) is 7.09. The van der Waals surface area contributed by atoms with Gasteiger partial charge in [-0.25, -0.2) is 4.79 Å². The molecule has 0 saturated heterocycles. The molecule has 7 heteroatoms. The van der Waals surface area contributed by atoms with E-state index in [-0.39, 0.29) is 11.6 Å². The van der Waals surface area contributed by atoms with Gasteiger partial charge in [-0.3, -0.25) is 13.9 Å². The van der Waals surface area contributed by atoms with Crippen molar-refractivity contribution in [2.45, 2.75) is 30.6 Å². The Labute approximate surface area is 167 Å². The van der Waals surface area contributed by atoms with Gasteiger partial charge < -0.3 is 5.32 Å². The summed E-state index contributed by atoms with van der Waals surface area (Å²) in [5.41, 5.74) is 1.57. The van der Waals surface area contributed by atoms with Crippen LogP contribution in [0.4, 0.5) is 5.69 Å². The number of fused-ring (bicyclic) bond motifs is 1. The predicted molar refractivity (Wildman–Crippen MR) is 112 cm³/mol. The van der Waals surface area contributed by atoms with Crippen LogP contribution in [0, 0.1) is 5.41 Å². The summed E-state index contributed by atoms with van der Waals surface area (Å²) in [6.07, 6.45) is 0. The van der Waals surface area contributed by atoms with Crippen LogP contribution in [-0.2, 0) is 18.9 Å². The minimum Gasteiger partial charge on any atom is -0.325 e. The fraction of sp³-hybridized carbons (Fsp3) is 0.300. The predicted octanol–water partition coefficient (Wildman–Crippen LogP) is 4.67. The van der Waals surface area contributed by atoms with Crippen LogP contribution in [0.3, 0.4) is 0 Å². The third-order valence-corrected chi connectivity index (χ3v) is 5.93. The minimum atomic E-state index is -0.538. The average Bonchev–Trinajstić information content (AvgIpc) is 2.80. The molecule has 3 rings (SSSR count). The molecule has 0 spiro atoms. The molecule has 1 amide bonds. The number of nitrogens with zero attached hydrogens (tertiary/aromatic N) is 2. The number of hydrogen-bond donors (Lipinski definition) is 1. The highest BCUT2D eigenvalue weighted by atomic mass is 35.5. The number of nitrogens with one attached hydrogen (secondary N) is 1. The van der Waals surface area contributed by atoms with E-state index in [4.69, 9.17) is 11.6 Å². The molecule has 0 aliphatic heterocycles. The highest BCUT2D eigenvalue weighted by Crippen LogP contribution is 2.39. The molecule has 0 unspecified atom stereocenters. The van der Waals surface area contributed by atoms with E-state index in [0.29, 0.717) is 10.7 Å². The molecule has 0 atom stereocenters. The van der Waals surface area contributed by atoms with Crippen molar-refractivity contribution < 1.29 is 4.79 Å². The number of carbonyl (C=O) groups excluding carboxylic acids is 1. The van der Waals surface area contributed by atoms with E-state index >= 15 is 0 Å². The lowest BCUT2D eigenvalue weighted by molar-refractivity contribution is -0.123. The van der Waals surface area contributed by atoms with Crippen LogP contribution >= 0.6 is 23.4 Å². The Morgan fingerprint density at radius 2 is 1.63 bits per heavy atom. The summed E-state index contributed by atoms with van der Waals surface area (Å²) in [6.45, 7) is 5.58. The van der Waals surface area contributed by atoms with Gasteiger partial charge in [0.25, 0.3) is 0 Å². The van der Waals surface area contributed by atoms with Gasteiger partial charge in [0.05, 0.1) is 21.7 Å². The Hall–Kier alpha value is -2.18. The maximum atomic E-state index is 12.6. The molecular formula is C20H22ClN3O2S. The highest BCUT2D eigenvalue weighted by Gasteiger charge is 2.23. The molecule has 3 aromatic rings. The maximum Gasteiger partial charge on any atom is 0.328 e. The lowest BCUT2D eigenvalue weighted by Crippen LogP contribution is -2.27. The van der Waals surface area contributed by atoms with Crippen molar-refractivity contribution in [1.29, 1.82) is 0 Å². The summed E-state index contributed by atoms with van der Waals surface area (Å²) < 4.78 is 3.17. The fourth-order valence-electron chi connectivity index (χ4n) is 2.66. The topological polar surface area (TPSA) is 56.0 Å². The number of amides is 1. The Morgan fingerprint density at radius 3 is 2.22 bits per heavy atom. The minimum absolute atomic E-state index is 0.0937. The summed E-state index contributed by atoms with van der Waals surface area (Å²) in [5.74, 6) is -0.0937. The van der Waals surface area contributed by atoms with Gasteiger partial charge in [-0.2, -0.15) is 0 Å². The number of imidazole rings is 1. The summed E-state index contributed by atoms with van der Waals surface area (Å²) in [4.78, 5) is 26.6. The first-order chi connectivity index (χ1) is 12.6. The van der Waals surface area contributed by atoms with Gasteiger partial charge in [0, 0.05) is 29.3 Å². The van der Waals surface area contributed by atoms with Gasteiger partial charge in [-0.15, -0.1) is 0 Å². The second-order valence-electron chi connectivity index (χ2n) is 7.47. The SMILES string of the molecule is Cn1c(=O)n(C)c2cc(Sc3ccccc3Cl)c(NC(=O)C(C)(C)C)cc21. The largest absolute Gasteiger partial charge is 0.328 e. The van der Waals surface area contributed by atoms with E-state index in [9.17, 15) is 9.59 Å². The zero-order chi connectivity index (χ0) is 19.9. The molecular weight excluding hydrogens is 382 g/mol. The summed E-state index contributed by atoms with van der Waals surface area (Å²) >= 11 is 7.78. The molecule has 142 valence electrons. The van der Waals surface area contributed by atoms with Crippen molar-refractivity contribution >= 4 is 46.0 Å². The van der Waals surface area contributed by atoms with Crippen LogP contribution in [0.5, 0.6) is 0 Å². The Kier molecular flexibility index (Phi) is 5.14. The van der Waals surface area contributed by atoms with Crippen molar-refractivity contribution in [1.82, 2.24) is 9.13 Å². The van der Waals surface area contributed by atoms with Crippen LogP contribution in [0.1, 0.15) is 20.8 Å². The van der Waals surface area contributed by atoms with Crippen LogP contribution in [-0.4, -0.2) is 15.0 Å². The quantitative estimate of drug-likeness (QED) is 0.691. The standard InChI is InChI=1S/C20H22ClN3O2S/c1-20(2,3)18(25)22-13-10-14-15(24(5)19(26)23(14)4)11-17(13)27-16-9-7-6-8-12(16)21/h6-11H,1-5H3,(H,22,25). The van der Waals surface area contributed by atoms with Crippen molar-refractivity contribution in [2.24, 2.45) is 19.5 Å². The monoisotopic (exact) mass is 403 g/mol. The maximum absolute atomic E-state index is 12.6. The van der Waals surface area contributed by atoms with Crippen molar-refractivity contribution in [3.05, 3.63) is 51.9 Å². The first-order valence-electron chi connectivity index (χ1n) is 8.53. The smallest absolute Gasteiger partial charge is 0.325 e. The Morgan fingerprint density at radius 1 is 1.04 bits per heavy atom. The Bertz CT molecular complexity index is 1090. The van der Waals surface area contributed by atoms with E-state index in [1.807, 2.05) is 57.2 Å². The molecule has 27 heavy (non-hydrogen) atoms. The average molecular weight is 404 g/mol. The highest BCUT2D eigenvalue weighted by molar-refractivity contribution is 7.99. The molecule has 0 aliphatic carbocycles. The van der Waals surface area contributed by atoms with Gasteiger partial charge in [0.15, 0.2) is 0 Å². The molecule has 0 saturated carbocycles. The van der Waals surface area contributed by atoms with E-state index < -0.39 is 5.41 Å². The van der Waals surface area contributed by atoms with E-state index in [1.165, 1.54) is 11.8 Å². The lowest BCUT2D eigenvalue weighted by atomic mass is 9.95. The molecule has 5 nitrogen and oxygen atoms in total. The molecule has 0 radical (unpaired) electrons. The third-order valence-electron chi connectivity index (χ3n) is 4.36. The van der Waals surface area contributed by atoms with Crippen LogP contribution in [0.2, 0.25) is 5.02 Å². The van der Waals surface area contributed by atoms with Crippen LogP contribution < -0.4 is 11.0 Å². The number of benzene rings is 2. The van der Waals surface area contributed by atoms with Crippen LogP contribution in [0.15, 0.2) is 51.0 Å². The van der Waals surface area contributed by atoms with E-state index in [0.717, 1.165) is 20.8 Å². The van der Waals surface area contributed by atoms with Gasteiger partial charge >= 0.3 is 5.69 Å². The normalized spacial score (nSPS) is 11.8. The van der Waals surface area contributed by atoms with Gasteiger partial charge in [-0.1, -0.05) is 56.3 Å². The van der Waals surface area contributed by atoms with E-state index in [1.54, 1.807) is 23.2 Å². The number of halogens is 1. The number of aromatic nitrogens is 2. The van der Waals surface area contributed by atoms with Crippen molar-refractivity contribution in [3.8, 4) is 0 Å². The van der Waals surface area contributed by atoms with Crippen LogP contribution in [0.25, 0.3) is 11.0 Å². The number of aryl methyl sites for hydroxylation is 2. The summed E-state index contributed by atoms with van der Waals surface area (Å²) in [7, 11) is 3.46. The first-order valence-corrected chi connectivity index (χ1v) is 9.72. The molecule has 1 N–H and O–H groups in total. The summed E-state index contributed by atoms with van der Waals surface area (Å²) in [6, 6.07) is 11.3. The molecule has 1 aromatic heterocycles. The Balaban J connectivity index is 2.17. The second-order valence-corrected chi connectivity index (χ2v) is 8.97. The molecule has 2 aromatic carbocycles. The summed E-state index contributed by atoms with van der Waals surface area (Å²) in [5, 5.41) is 3.65. The molecule has 1 heterocycles. The molecule has 0 aliphatic rings. The molecule has 0 bridgehead atoms. The third kappa shape index (κ3) is 3.77. The fourth-order valence-corrected chi connectivity index (χ4v) is 3.85. The lowest BCUT2D eigenvalue weighted by Gasteiger charge is -2.19. The van der Waals surface area contributed by atoms with Gasteiger partial charge in [-0.05, 0) is 24.3 Å². The zero-order valence-electron chi connectivity index (χ0n) is 16.0. The van der Waals surface area contributed by atoms with Crippen molar-refractivity contribution in [3.63, 3.8) is 0 Å². The first kappa shape index (κ1) is 19.6. The van der Waals surface area contributed by atoms with Crippen molar-refractivity contribution in [2.75, 3.05) is 5.32 Å². The number of anilines is 1. The van der Waals surface area contributed by atoms with Gasteiger partial charge in [0.1, 0.15) is 0 Å². The molecule has 0 fully saturated rings.